The van der Waals surface area contributed by atoms with Crippen LogP contribution in [0.4, 0.5) is 11.4 Å². The molecule has 2 atom stereocenters. The number of hydrogen-bond donors (Lipinski definition) is 0. The third kappa shape index (κ3) is 3.91. The maximum absolute atomic E-state index is 13.8. The molecule has 0 unspecified atom stereocenters. The Balaban J connectivity index is 1.43. The number of likely N-dealkylation sites (tertiary alicyclic amines) is 1. The summed E-state index contributed by atoms with van der Waals surface area (Å²) in [6, 6.07) is 17.9. The monoisotopic (exact) mass is 479 g/mol. The van der Waals surface area contributed by atoms with Gasteiger partial charge in [0.25, 0.3) is 15.7 Å². The van der Waals surface area contributed by atoms with Crippen LogP contribution in [0.25, 0.3) is 0 Å². The Morgan fingerprint density at radius 3 is 2.29 bits per heavy atom. The number of non-ortho nitro benzene ring substituents is 1. The van der Waals surface area contributed by atoms with Crippen molar-refractivity contribution in [3.63, 3.8) is 0 Å². The largest absolute Gasteiger partial charge is 0.457 e. The number of piperidine rings is 1. The molecule has 0 bridgehead atoms. The summed E-state index contributed by atoms with van der Waals surface area (Å²) in [6.45, 7) is 3.71. The number of nitrogens with zero attached hydrogens (tertiary/aromatic N) is 3. The van der Waals surface area contributed by atoms with Crippen molar-refractivity contribution in [3.8, 4) is 11.5 Å². The SMILES string of the molecule is Cc1ccc2c(c1)[C@@H]1CN(C)CC[C@H]1N2S(=O)(=O)c1ccc(Oc2ccc([N+](=O)[O-])cc2)cc1. The third-order valence-corrected chi connectivity index (χ3v) is 8.42. The molecule has 0 saturated carbocycles. The number of rotatable bonds is 5. The summed E-state index contributed by atoms with van der Waals surface area (Å²) in [4.78, 5) is 12.8. The quantitative estimate of drug-likeness (QED) is 0.389. The number of nitro groups is 1. The number of benzene rings is 3. The average Bonchev–Trinajstić information content (AvgIpc) is 3.13. The molecule has 1 fully saturated rings. The molecule has 2 aliphatic rings. The van der Waals surface area contributed by atoms with Gasteiger partial charge in [0.1, 0.15) is 11.5 Å². The summed E-state index contributed by atoms with van der Waals surface area (Å²) in [5, 5.41) is 10.8. The van der Waals surface area contributed by atoms with Gasteiger partial charge in [-0.25, -0.2) is 8.42 Å². The highest BCUT2D eigenvalue weighted by molar-refractivity contribution is 7.92. The lowest BCUT2D eigenvalue weighted by Crippen LogP contribution is -2.47. The number of likely N-dealkylation sites (N-methyl/N-ethyl adjacent to an activating group) is 1. The molecule has 1 saturated heterocycles. The van der Waals surface area contributed by atoms with Crippen LogP contribution in [0.3, 0.4) is 0 Å². The van der Waals surface area contributed by atoms with Crippen LogP contribution in [-0.2, 0) is 10.0 Å². The number of anilines is 1. The second-order valence-electron chi connectivity index (χ2n) is 8.91. The van der Waals surface area contributed by atoms with Crippen LogP contribution in [0.15, 0.2) is 71.6 Å². The van der Waals surface area contributed by atoms with Crippen molar-refractivity contribution in [2.45, 2.75) is 30.2 Å². The first-order chi connectivity index (χ1) is 16.2. The molecule has 34 heavy (non-hydrogen) atoms. The number of nitro benzene ring substituents is 1. The predicted molar refractivity (Wildman–Crippen MR) is 129 cm³/mol. The number of ether oxygens (including phenoxy) is 1. The lowest BCUT2D eigenvalue weighted by molar-refractivity contribution is -0.384. The van der Waals surface area contributed by atoms with Gasteiger partial charge in [-0.05, 0) is 75.0 Å². The van der Waals surface area contributed by atoms with E-state index in [4.69, 9.17) is 4.74 Å². The van der Waals surface area contributed by atoms with Crippen molar-refractivity contribution in [1.82, 2.24) is 4.90 Å². The Kier molecular flexibility index (Phi) is 5.53. The summed E-state index contributed by atoms with van der Waals surface area (Å²) in [5.74, 6) is 1.02. The third-order valence-electron chi connectivity index (χ3n) is 6.56. The molecule has 2 heterocycles. The van der Waals surface area contributed by atoms with Crippen LogP contribution in [0.1, 0.15) is 23.5 Å². The van der Waals surface area contributed by atoms with Crippen LogP contribution < -0.4 is 9.04 Å². The first-order valence-electron chi connectivity index (χ1n) is 11.1. The van der Waals surface area contributed by atoms with E-state index >= 15 is 0 Å². The Morgan fingerprint density at radius 1 is 1.00 bits per heavy atom. The molecule has 0 aliphatic carbocycles. The van der Waals surface area contributed by atoms with Gasteiger partial charge in [-0.2, -0.15) is 0 Å². The summed E-state index contributed by atoms with van der Waals surface area (Å²) in [6.07, 6.45) is 0.773. The maximum atomic E-state index is 13.8. The first kappa shape index (κ1) is 22.4. The van der Waals surface area contributed by atoms with E-state index < -0.39 is 14.9 Å². The van der Waals surface area contributed by atoms with E-state index in [1.54, 1.807) is 28.6 Å². The fourth-order valence-electron chi connectivity index (χ4n) is 4.91. The van der Waals surface area contributed by atoms with E-state index in [1.807, 2.05) is 19.1 Å². The zero-order chi connectivity index (χ0) is 24.0. The van der Waals surface area contributed by atoms with Gasteiger partial charge in [-0.3, -0.25) is 14.4 Å². The number of sulfonamides is 1. The summed E-state index contributed by atoms with van der Waals surface area (Å²) in [5.41, 5.74) is 2.96. The molecule has 0 amide bonds. The van der Waals surface area contributed by atoms with Crippen molar-refractivity contribution < 1.29 is 18.1 Å². The second-order valence-corrected chi connectivity index (χ2v) is 10.7. The van der Waals surface area contributed by atoms with Gasteiger partial charge in [0.05, 0.1) is 21.5 Å². The summed E-state index contributed by atoms with van der Waals surface area (Å²) >= 11 is 0. The van der Waals surface area contributed by atoms with Gasteiger partial charge in [-0.1, -0.05) is 17.7 Å². The van der Waals surface area contributed by atoms with Crippen molar-refractivity contribution in [2.75, 3.05) is 24.4 Å². The van der Waals surface area contributed by atoms with Crippen LogP contribution in [0, 0.1) is 17.0 Å². The first-order valence-corrected chi connectivity index (χ1v) is 12.5. The lowest BCUT2D eigenvalue weighted by atomic mass is 9.89. The van der Waals surface area contributed by atoms with E-state index in [0.717, 1.165) is 36.3 Å². The van der Waals surface area contributed by atoms with Crippen LogP contribution in [0.5, 0.6) is 11.5 Å². The lowest BCUT2D eigenvalue weighted by Gasteiger charge is -2.36. The standard InChI is InChI=1S/C25H25N3O5S/c1-17-3-12-24-22(15-17)23-16-26(2)14-13-25(23)27(24)34(31,32)21-10-8-20(9-11-21)33-19-6-4-18(5-7-19)28(29)30/h3-12,15,23,25H,13-14,16H2,1-2H3/t23-,25+/m0/s1. The Hall–Kier alpha value is -3.43. The number of aryl methyl sites for hydroxylation is 1. The summed E-state index contributed by atoms with van der Waals surface area (Å²) < 4.78 is 34.9. The minimum absolute atomic E-state index is 0.0258. The van der Waals surface area contributed by atoms with Gasteiger partial charge in [0.15, 0.2) is 0 Å². The van der Waals surface area contributed by atoms with E-state index in [0.29, 0.717) is 11.5 Å². The van der Waals surface area contributed by atoms with Gasteiger partial charge in [0, 0.05) is 24.6 Å². The average molecular weight is 480 g/mol. The Morgan fingerprint density at radius 2 is 1.65 bits per heavy atom. The van der Waals surface area contributed by atoms with Crippen molar-refractivity contribution in [2.24, 2.45) is 0 Å². The molecule has 0 radical (unpaired) electrons. The van der Waals surface area contributed by atoms with Crippen molar-refractivity contribution in [3.05, 3.63) is 88.0 Å². The highest BCUT2D eigenvalue weighted by Crippen LogP contribution is 2.47. The highest BCUT2D eigenvalue weighted by Gasteiger charge is 2.46. The predicted octanol–water partition coefficient (Wildman–Crippen LogP) is 4.69. The van der Waals surface area contributed by atoms with E-state index in [-0.39, 0.29) is 22.5 Å². The molecule has 8 nitrogen and oxygen atoms in total. The Bertz CT molecular complexity index is 1340. The fraction of sp³-hybridized carbons (Fsp3) is 0.280. The topological polar surface area (TPSA) is 93.0 Å². The van der Waals surface area contributed by atoms with Crippen LogP contribution >= 0.6 is 0 Å². The summed E-state index contributed by atoms with van der Waals surface area (Å²) in [7, 11) is -1.70. The molecule has 0 spiro atoms. The van der Waals surface area contributed by atoms with Gasteiger partial charge >= 0.3 is 0 Å². The van der Waals surface area contributed by atoms with Crippen molar-refractivity contribution in [1.29, 1.82) is 0 Å². The fourth-order valence-corrected chi connectivity index (χ4v) is 6.65. The Labute approximate surface area is 198 Å². The molecule has 176 valence electrons. The van der Waals surface area contributed by atoms with Gasteiger partial charge < -0.3 is 9.64 Å². The maximum Gasteiger partial charge on any atom is 0.269 e. The smallest absolute Gasteiger partial charge is 0.269 e. The molecular formula is C25H25N3O5S. The molecular weight excluding hydrogens is 454 g/mol. The van der Waals surface area contributed by atoms with Crippen LogP contribution in [0.2, 0.25) is 0 Å². The zero-order valence-electron chi connectivity index (χ0n) is 18.9. The molecule has 0 aromatic heterocycles. The second kappa shape index (κ2) is 8.41. The van der Waals surface area contributed by atoms with Gasteiger partial charge in [-0.15, -0.1) is 0 Å². The minimum Gasteiger partial charge on any atom is -0.457 e. The molecule has 2 aliphatic heterocycles. The van der Waals surface area contributed by atoms with E-state index in [1.165, 1.54) is 24.3 Å². The highest BCUT2D eigenvalue weighted by atomic mass is 32.2. The van der Waals surface area contributed by atoms with Gasteiger partial charge in [0.2, 0.25) is 0 Å². The molecule has 0 N–H and O–H groups in total. The normalized spacial score (nSPS) is 20.0. The molecule has 9 heteroatoms. The minimum atomic E-state index is -3.77. The number of fused-ring (bicyclic) bond motifs is 3. The molecule has 5 rings (SSSR count). The van der Waals surface area contributed by atoms with Crippen molar-refractivity contribution >= 4 is 21.4 Å². The number of hydrogen-bond acceptors (Lipinski definition) is 6. The van der Waals surface area contributed by atoms with E-state index in [2.05, 4.69) is 18.0 Å². The molecule has 3 aromatic rings. The zero-order valence-corrected chi connectivity index (χ0v) is 19.7. The van der Waals surface area contributed by atoms with Crippen LogP contribution in [-0.4, -0.2) is 44.4 Å². The molecule has 3 aromatic carbocycles. The van der Waals surface area contributed by atoms with E-state index in [9.17, 15) is 18.5 Å².